The third-order valence-electron chi connectivity index (χ3n) is 8.62. The first-order valence-corrected chi connectivity index (χ1v) is 17.6. The number of ether oxygens (including phenoxy) is 2. The van der Waals surface area contributed by atoms with Crippen molar-refractivity contribution in [2.24, 2.45) is 0 Å². The fourth-order valence-corrected chi connectivity index (χ4v) is 6.59. The Morgan fingerprint density at radius 3 is 2.42 bits per heavy atom. The average Bonchev–Trinajstić information content (AvgIpc) is 3.55. The van der Waals surface area contributed by atoms with Gasteiger partial charge in [-0.3, -0.25) is 15.4 Å². The lowest BCUT2D eigenvalue weighted by Gasteiger charge is -2.32. The number of rotatable bonds is 10. The molecular weight excluding hydrogens is 627 g/mol. The van der Waals surface area contributed by atoms with Crippen molar-refractivity contribution in [1.82, 2.24) is 14.8 Å². The van der Waals surface area contributed by atoms with Crippen LogP contribution in [0.25, 0.3) is 0 Å². The van der Waals surface area contributed by atoms with E-state index in [2.05, 4.69) is 43.4 Å². The van der Waals surface area contributed by atoms with Gasteiger partial charge in [0.25, 0.3) is 0 Å². The molecule has 2 aliphatic rings. The molecule has 2 atom stereocenters. The summed E-state index contributed by atoms with van der Waals surface area (Å²) in [6, 6.07) is 14.7. The normalized spacial score (nSPS) is 17.4. The number of carbonyl (C=O) groups is 1. The maximum atomic E-state index is 13.5. The summed E-state index contributed by atoms with van der Waals surface area (Å²) in [6.07, 6.45) is 8.57. The first kappa shape index (κ1) is 36.8. The zero-order chi connectivity index (χ0) is 34.8. The number of hydrogen-bond donors (Lipinski definition) is 5. The summed E-state index contributed by atoms with van der Waals surface area (Å²) in [5.74, 6) is 1.10. The molecule has 1 aliphatic carbocycles. The Labute approximate surface area is 288 Å². The number of nitrogens with zero attached hydrogens (tertiary/aromatic N) is 3. The molecule has 1 aliphatic heterocycles. The van der Waals surface area contributed by atoms with Gasteiger partial charge in [0, 0.05) is 6.26 Å². The highest BCUT2D eigenvalue weighted by Gasteiger charge is 2.30. The molecule has 1 fully saturated rings. The largest absolute Gasteiger partial charge is 0.492 e. The van der Waals surface area contributed by atoms with E-state index in [1.807, 2.05) is 47.0 Å². The van der Waals surface area contributed by atoms with Gasteiger partial charge in [0.05, 0.1) is 50.2 Å². The van der Waals surface area contributed by atoms with Crippen LogP contribution < -0.4 is 29.9 Å². The number of fused-ring (bicyclic) bond motifs is 1. The van der Waals surface area contributed by atoms with Crippen molar-refractivity contribution >= 4 is 35.7 Å². The third-order valence-corrected chi connectivity index (χ3v) is 9.44. The summed E-state index contributed by atoms with van der Waals surface area (Å²) in [7, 11) is 3.75. The Morgan fingerprint density at radius 2 is 1.83 bits per heavy atom. The Hall–Kier alpha value is -4.00. The van der Waals surface area contributed by atoms with Gasteiger partial charge in [0.15, 0.2) is 5.75 Å². The van der Waals surface area contributed by atoms with Crippen LogP contribution in [-0.2, 0) is 5.41 Å². The number of amides is 2. The molecule has 5 N–H and O–H groups in total. The monoisotopic (exact) mass is 677 g/mol. The minimum absolute atomic E-state index is 0.0169. The van der Waals surface area contributed by atoms with E-state index >= 15 is 0 Å². The summed E-state index contributed by atoms with van der Waals surface area (Å²) in [4.78, 5) is 15.8. The lowest BCUT2D eigenvalue weighted by Crippen LogP contribution is -2.36. The highest BCUT2D eigenvalue weighted by Crippen LogP contribution is 2.43. The van der Waals surface area contributed by atoms with Gasteiger partial charge in [-0.25, -0.2) is 4.79 Å². The minimum atomic E-state index is -0.347. The number of carbonyl (C=O) groups excluding carboxylic acids is 1. The van der Waals surface area contributed by atoms with E-state index in [0.29, 0.717) is 36.6 Å². The number of likely N-dealkylation sites (tertiary alicyclic amines) is 1. The summed E-state index contributed by atoms with van der Waals surface area (Å²) in [6.45, 7) is 9.37. The number of nitrogens with one attached hydrogen (secondary N) is 4. The first-order chi connectivity index (χ1) is 23.0. The fraction of sp³-hybridized carbons (Fsp3) is 0.472. The number of pyridine rings is 1. The fourth-order valence-electron chi connectivity index (χ4n) is 5.99. The molecule has 0 spiro atoms. The van der Waals surface area contributed by atoms with Crippen molar-refractivity contribution < 1.29 is 19.4 Å². The Bertz CT molecular complexity index is 1600. The van der Waals surface area contributed by atoms with Crippen LogP contribution in [0, 0.1) is 10.8 Å². The molecule has 260 valence electrons. The average molecular weight is 678 g/mol. The van der Waals surface area contributed by atoms with Crippen LogP contribution in [0.3, 0.4) is 0 Å². The van der Waals surface area contributed by atoms with Crippen molar-refractivity contribution in [1.29, 1.82) is 10.8 Å². The predicted octanol–water partition coefficient (Wildman–Crippen LogP) is 6.29. The lowest BCUT2D eigenvalue weighted by molar-refractivity contribution is 0.171. The topological polar surface area (TPSA) is 139 Å². The van der Waals surface area contributed by atoms with Gasteiger partial charge >= 0.3 is 6.03 Å². The van der Waals surface area contributed by atoms with Crippen molar-refractivity contribution in [3.8, 4) is 11.5 Å². The molecule has 2 unspecified atom stereocenters. The standard InChI is InChI=1S/C31H40N6O4S.C5H11N/c1-31(2,3)20-16-25(29(40-4)26(17-20)37(42-5)14-15-38)35-30(39)34-24-11-12-27(23-9-7-6-8-22(23)24)41-21-10-13-28(33)36(18-21)19-32;1-6-4-2-3-5-6/h6-10,13,16-19,24,27,32-33,38H,11-12,14-15H2,1-5H3,(H2,34,35,39);2-5H2,1H3. The lowest BCUT2D eigenvalue weighted by atomic mass is 9.85. The molecule has 5 rings (SSSR count). The molecule has 1 saturated heterocycles. The molecule has 0 radical (unpaired) electrons. The van der Waals surface area contributed by atoms with E-state index in [1.165, 1.54) is 42.4 Å². The van der Waals surface area contributed by atoms with Gasteiger partial charge in [0.1, 0.15) is 17.3 Å². The van der Waals surface area contributed by atoms with Crippen LogP contribution in [0.15, 0.2) is 54.7 Å². The number of aromatic nitrogens is 1. The second kappa shape index (κ2) is 16.9. The molecule has 3 aromatic rings. The Morgan fingerprint density at radius 1 is 1.12 bits per heavy atom. The Kier molecular flexibility index (Phi) is 13.0. The first-order valence-electron chi connectivity index (χ1n) is 16.4. The molecule has 2 amide bonds. The van der Waals surface area contributed by atoms with E-state index in [9.17, 15) is 9.90 Å². The highest BCUT2D eigenvalue weighted by atomic mass is 32.2. The van der Waals surface area contributed by atoms with E-state index in [-0.39, 0.29) is 35.7 Å². The van der Waals surface area contributed by atoms with Crippen LogP contribution in [-0.4, -0.2) is 73.6 Å². The zero-order valence-corrected chi connectivity index (χ0v) is 29.8. The van der Waals surface area contributed by atoms with Crippen LogP contribution in [0.2, 0.25) is 0 Å². The molecule has 2 aromatic carbocycles. The summed E-state index contributed by atoms with van der Waals surface area (Å²) < 4.78 is 15.4. The van der Waals surface area contributed by atoms with E-state index in [1.54, 1.807) is 25.4 Å². The number of aliphatic hydroxyl groups is 1. The third kappa shape index (κ3) is 9.33. The van der Waals surface area contributed by atoms with Crippen LogP contribution in [0.1, 0.15) is 75.3 Å². The van der Waals surface area contributed by atoms with Gasteiger partial charge < -0.3 is 34.4 Å². The van der Waals surface area contributed by atoms with E-state index < -0.39 is 0 Å². The quantitative estimate of drug-likeness (QED) is 0.0965. The van der Waals surface area contributed by atoms with Crippen molar-refractivity contribution in [2.45, 2.75) is 64.0 Å². The number of hydrogen-bond acceptors (Lipinski definition) is 9. The predicted molar refractivity (Wildman–Crippen MR) is 195 cm³/mol. The van der Waals surface area contributed by atoms with Crippen LogP contribution in [0.5, 0.6) is 11.5 Å². The van der Waals surface area contributed by atoms with Gasteiger partial charge in [-0.1, -0.05) is 57.0 Å². The second-order valence-electron chi connectivity index (χ2n) is 13.1. The van der Waals surface area contributed by atoms with E-state index in [0.717, 1.165) is 28.7 Å². The number of urea groups is 1. The minimum Gasteiger partial charge on any atom is -0.492 e. The molecule has 0 saturated carbocycles. The smallest absolute Gasteiger partial charge is 0.319 e. The highest BCUT2D eigenvalue weighted by molar-refractivity contribution is 8.00. The van der Waals surface area contributed by atoms with Gasteiger partial charge in [-0.05, 0) is 92.2 Å². The van der Waals surface area contributed by atoms with Crippen molar-refractivity contribution in [2.75, 3.05) is 56.3 Å². The summed E-state index contributed by atoms with van der Waals surface area (Å²) in [5.41, 5.74) is 4.34. The molecular formula is C36H51N7O4S. The van der Waals surface area contributed by atoms with Gasteiger partial charge in [-0.2, -0.15) is 0 Å². The second-order valence-corrected chi connectivity index (χ2v) is 13.9. The van der Waals surface area contributed by atoms with Crippen LogP contribution >= 0.6 is 11.9 Å². The number of benzene rings is 2. The van der Waals surface area contributed by atoms with Crippen molar-refractivity contribution in [3.05, 3.63) is 76.9 Å². The number of aliphatic hydroxyl groups excluding tert-OH is 1. The van der Waals surface area contributed by atoms with Gasteiger partial charge in [0.2, 0.25) is 0 Å². The maximum Gasteiger partial charge on any atom is 0.319 e. The number of methoxy groups -OCH3 is 1. The summed E-state index contributed by atoms with van der Waals surface area (Å²) in [5, 5.41) is 31.2. The van der Waals surface area contributed by atoms with Gasteiger partial charge in [-0.15, -0.1) is 0 Å². The summed E-state index contributed by atoms with van der Waals surface area (Å²) >= 11 is 1.48. The maximum absolute atomic E-state index is 13.5. The number of anilines is 2. The van der Waals surface area contributed by atoms with E-state index in [4.69, 9.17) is 20.3 Å². The molecule has 0 bridgehead atoms. The molecule has 48 heavy (non-hydrogen) atoms. The Balaban J connectivity index is 0.000000780. The van der Waals surface area contributed by atoms with Crippen LogP contribution in [0.4, 0.5) is 16.2 Å². The molecule has 11 nitrogen and oxygen atoms in total. The molecule has 1 aromatic heterocycles. The zero-order valence-electron chi connectivity index (χ0n) is 29.0. The SMILES string of the molecule is CN1CCCC1.COc1c(NC(=O)NC2CCC(Oc3ccc(=N)n(C=N)c3)c3ccccc32)cc(C(C)(C)C)cc1N(CCO)SC. The molecule has 2 heterocycles. The molecule has 12 heteroatoms. The van der Waals surface area contributed by atoms with Crippen molar-refractivity contribution in [3.63, 3.8) is 0 Å².